The summed E-state index contributed by atoms with van der Waals surface area (Å²) >= 11 is 0. The van der Waals surface area contributed by atoms with Crippen molar-refractivity contribution in [3.05, 3.63) is 29.8 Å². The minimum Gasteiger partial charge on any atom is -0.481 e. The number of carboxylic acid groups (broad SMARTS) is 1. The largest absolute Gasteiger partial charge is 0.481 e. The van der Waals surface area contributed by atoms with Crippen LogP contribution < -0.4 is 16.0 Å². The number of hydrogen-bond donors (Lipinski definition) is 4. The number of hydrazine groups is 1. The number of nitrogens with one attached hydrogen (secondary N) is 3. The molecule has 1 aromatic rings. The van der Waals surface area contributed by atoms with Crippen LogP contribution in [0.2, 0.25) is 0 Å². The number of aldehydes is 1. The maximum absolute atomic E-state index is 13.5. The summed E-state index contributed by atoms with van der Waals surface area (Å²) in [5.41, 5.74) is 0.746. The summed E-state index contributed by atoms with van der Waals surface area (Å²) < 4.78 is 0. The van der Waals surface area contributed by atoms with Crippen molar-refractivity contribution in [1.82, 2.24) is 20.7 Å². The first-order valence-electron chi connectivity index (χ1n) is 12.8. The fourth-order valence-electron chi connectivity index (χ4n) is 4.54. The number of nitrogens with zero attached hydrogens (tertiary/aromatic N) is 2. The minimum absolute atomic E-state index is 0.0179. The normalized spacial score (nSPS) is 20.0. The molecule has 0 aliphatic carbocycles. The van der Waals surface area contributed by atoms with Gasteiger partial charge in [-0.3, -0.25) is 33.8 Å². The van der Waals surface area contributed by atoms with Crippen LogP contribution in [0.3, 0.4) is 0 Å². The van der Waals surface area contributed by atoms with Crippen LogP contribution in [-0.2, 0) is 28.8 Å². The predicted molar refractivity (Wildman–Crippen MR) is 137 cm³/mol. The van der Waals surface area contributed by atoms with E-state index in [1.54, 1.807) is 12.1 Å². The SMILES string of the molecule is CC(C)CC(=O)Nc1ccc(C(=O)N[C@H]2CCC(=O)N3CCC[C@@H](C(=O)N[C@H](C=O)CC(=O)O)N3C2=O)cc1. The van der Waals surface area contributed by atoms with E-state index in [4.69, 9.17) is 5.11 Å². The molecule has 2 saturated heterocycles. The number of aliphatic carboxylic acids is 1. The Kier molecular flexibility index (Phi) is 9.74. The summed E-state index contributed by atoms with van der Waals surface area (Å²) in [6.07, 6.45) is 0.596. The average molecular weight is 544 g/mol. The van der Waals surface area contributed by atoms with Crippen LogP contribution in [0.15, 0.2) is 24.3 Å². The highest BCUT2D eigenvalue weighted by atomic mass is 16.4. The van der Waals surface area contributed by atoms with Crippen molar-refractivity contribution in [1.29, 1.82) is 0 Å². The number of benzene rings is 1. The molecular weight excluding hydrogens is 510 g/mol. The van der Waals surface area contributed by atoms with Gasteiger partial charge in [0.2, 0.25) is 17.7 Å². The van der Waals surface area contributed by atoms with Crippen LogP contribution in [0.25, 0.3) is 0 Å². The molecule has 1 aromatic carbocycles. The lowest BCUT2D eigenvalue weighted by Gasteiger charge is -2.43. The highest BCUT2D eigenvalue weighted by molar-refractivity contribution is 6.00. The van der Waals surface area contributed by atoms with E-state index < -0.39 is 54.1 Å². The number of carbonyl (C=O) groups excluding carboxylic acids is 6. The zero-order valence-corrected chi connectivity index (χ0v) is 21.8. The Morgan fingerprint density at radius 1 is 1.08 bits per heavy atom. The van der Waals surface area contributed by atoms with E-state index in [2.05, 4.69) is 16.0 Å². The third-order valence-electron chi connectivity index (χ3n) is 6.38. The second kappa shape index (κ2) is 13.0. The number of hydrogen-bond acceptors (Lipinski definition) is 7. The van der Waals surface area contributed by atoms with Crippen molar-refractivity contribution in [2.45, 2.75) is 70.5 Å². The average Bonchev–Trinajstić information content (AvgIpc) is 2.99. The second-order valence-corrected chi connectivity index (χ2v) is 9.99. The van der Waals surface area contributed by atoms with Gasteiger partial charge in [-0.1, -0.05) is 13.8 Å². The highest BCUT2D eigenvalue weighted by Gasteiger charge is 2.45. The molecule has 0 spiro atoms. The Labute approximate surface area is 225 Å². The number of carbonyl (C=O) groups is 7. The second-order valence-electron chi connectivity index (χ2n) is 9.99. The van der Waals surface area contributed by atoms with E-state index in [0.29, 0.717) is 24.8 Å². The van der Waals surface area contributed by atoms with Crippen molar-refractivity contribution in [3.63, 3.8) is 0 Å². The molecule has 0 saturated carbocycles. The van der Waals surface area contributed by atoms with Gasteiger partial charge in [0.1, 0.15) is 18.4 Å². The molecule has 39 heavy (non-hydrogen) atoms. The fraction of sp³-hybridized carbons (Fsp3) is 0.500. The summed E-state index contributed by atoms with van der Waals surface area (Å²) in [6.45, 7) is 4.05. The van der Waals surface area contributed by atoms with E-state index in [1.807, 2.05) is 13.8 Å². The summed E-state index contributed by atoms with van der Waals surface area (Å²) in [5.74, 6) is -3.63. The van der Waals surface area contributed by atoms with Crippen LogP contribution in [0, 0.1) is 5.92 Å². The molecule has 0 aromatic heterocycles. The molecule has 5 amide bonds. The first-order chi connectivity index (χ1) is 18.5. The quantitative estimate of drug-likeness (QED) is 0.307. The van der Waals surface area contributed by atoms with Gasteiger partial charge in [0, 0.05) is 30.6 Å². The van der Waals surface area contributed by atoms with Crippen LogP contribution in [0.4, 0.5) is 5.69 Å². The van der Waals surface area contributed by atoms with Gasteiger partial charge in [-0.25, -0.2) is 5.01 Å². The lowest BCUT2D eigenvalue weighted by molar-refractivity contribution is -0.176. The summed E-state index contributed by atoms with van der Waals surface area (Å²) in [5, 5.41) is 18.9. The number of anilines is 1. The molecule has 13 heteroatoms. The van der Waals surface area contributed by atoms with Gasteiger partial charge in [0.05, 0.1) is 12.5 Å². The standard InChI is InChI=1S/C26H33N5O8/c1-15(2)12-21(33)27-17-7-5-16(6-8-17)24(37)29-19-9-10-22(34)30-11-3-4-20(31(30)26(19)39)25(38)28-18(14-32)13-23(35)36/h5-8,14-15,18-20H,3-4,9-13H2,1-2H3,(H,27,33)(H,28,38)(H,29,37)(H,35,36)/t18-,19-,20-/m0/s1. The van der Waals surface area contributed by atoms with Gasteiger partial charge in [0.25, 0.3) is 11.8 Å². The van der Waals surface area contributed by atoms with Gasteiger partial charge in [-0.05, 0) is 49.4 Å². The molecule has 4 N–H and O–H groups in total. The molecule has 0 radical (unpaired) electrons. The maximum Gasteiger partial charge on any atom is 0.305 e. The molecule has 0 bridgehead atoms. The Morgan fingerprint density at radius 2 is 1.77 bits per heavy atom. The topological polar surface area (TPSA) is 182 Å². The first-order valence-corrected chi connectivity index (χ1v) is 12.8. The van der Waals surface area contributed by atoms with Gasteiger partial charge in [-0.15, -0.1) is 0 Å². The minimum atomic E-state index is -1.29. The zero-order valence-electron chi connectivity index (χ0n) is 21.8. The van der Waals surface area contributed by atoms with Crippen molar-refractivity contribution >= 4 is 47.5 Å². The Bertz CT molecular complexity index is 1140. The van der Waals surface area contributed by atoms with Crippen LogP contribution >= 0.6 is 0 Å². The van der Waals surface area contributed by atoms with Gasteiger partial charge in [0.15, 0.2) is 0 Å². The number of carboxylic acids is 1. The van der Waals surface area contributed by atoms with E-state index in [9.17, 15) is 33.6 Å². The van der Waals surface area contributed by atoms with Crippen LogP contribution in [0.1, 0.15) is 62.7 Å². The Balaban J connectivity index is 1.73. The molecule has 2 aliphatic heterocycles. The van der Waals surface area contributed by atoms with Crippen molar-refractivity contribution in [2.24, 2.45) is 5.92 Å². The van der Waals surface area contributed by atoms with E-state index >= 15 is 0 Å². The number of rotatable bonds is 10. The highest BCUT2D eigenvalue weighted by Crippen LogP contribution is 2.25. The summed E-state index contributed by atoms with van der Waals surface area (Å²) in [4.78, 5) is 86.5. The number of amides is 5. The number of fused-ring (bicyclic) bond motifs is 1. The third kappa shape index (κ3) is 7.62. The summed E-state index contributed by atoms with van der Waals surface area (Å²) in [7, 11) is 0. The fourth-order valence-corrected chi connectivity index (χ4v) is 4.54. The van der Waals surface area contributed by atoms with Crippen molar-refractivity contribution in [3.8, 4) is 0 Å². The third-order valence-corrected chi connectivity index (χ3v) is 6.38. The van der Waals surface area contributed by atoms with Gasteiger partial charge >= 0.3 is 5.97 Å². The summed E-state index contributed by atoms with van der Waals surface area (Å²) in [6, 6.07) is 2.58. The first kappa shape index (κ1) is 29.3. The molecular formula is C26H33N5O8. The van der Waals surface area contributed by atoms with Crippen LogP contribution in [0.5, 0.6) is 0 Å². The lowest BCUT2D eigenvalue weighted by Crippen LogP contribution is -2.64. The molecule has 210 valence electrons. The monoisotopic (exact) mass is 543 g/mol. The Morgan fingerprint density at radius 3 is 2.38 bits per heavy atom. The lowest BCUT2D eigenvalue weighted by atomic mass is 10.0. The van der Waals surface area contributed by atoms with Crippen molar-refractivity contribution in [2.75, 3.05) is 11.9 Å². The molecule has 3 atom stereocenters. The van der Waals surface area contributed by atoms with Gasteiger partial charge in [-0.2, -0.15) is 0 Å². The van der Waals surface area contributed by atoms with Gasteiger partial charge < -0.3 is 25.9 Å². The molecule has 0 unspecified atom stereocenters. The Hall–Kier alpha value is -4.29. The van der Waals surface area contributed by atoms with Crippen molar-refractivity contribution < 1.29 is 38.7 Å². The molecule has 3 rings (SSSR count). The van der Waals surface area contributed by atoms with E-state index in [-0.39, 0.29) is 43.2 Å². The van der Waals surface area contributed by atoms with E-state index in [1.165, 1.54) is 17.1 Å². The smallest absolute Gasteiger partial charge is 0.305 e. The predicted octanol–water partition coefficient (Wildman–Crippen LogP) is 0.456. The van der Waals surface area contributed by atoms with Crippen LogP contribution in [-0.4, -0.2) is 81.6 Å². The molecule has 2 heterocycles. The zero-order chi connectivity index (χ0) is 28.7. The maximum atomic E-state index is 13.5. The molecule has 2 fully saturated rings. The molecule has 13 nitrogen and oxygen atoms in total. The molecule has 2 aliphatic rings. The van der Waals surface area contributed by atoms with E-state index in [0.717, 1.165) is 5.01 Å².